The first-order valence-corrected chi connectivity index (χ1v) is 11.0. The Morgan fingerprint density at radius 1 is 1.13 bits per heavy atom. The van der Waals surface area contributed by atoms with E-state index in [0.29, 0.717) is 18.5 Å². The van der Waals surface area contributed by atoms with Crippen LogP contribution < -0.4 is 10.1 Å². The number of hydrogen-bond acceptors (Lipinski definition) is 3. The second kappa shape index (κ2) is 8.50. The first-order valence-electron chi connectivity index (χ1n) is 11.0. The van der Waals surface area contributed by atoms with Crippen molar-refractivity contribution in [2.45, 2.75) is 64.1 Å². The lowest BCUT2D eigenvalue weighted by molar-refractivity contribution is -0.128. The number of nitrogens with one attached hydrogen (secondary N) is 1. The van der Waals surface area contributed by atoms with E-state index >= 15 is 0 Å². The molecular weight excluding hydrogens is 376 g/mol. The van der Waals surface area contributed by atoms with Crippen molar-refractivity contribution in [3.05, 3.63) is 65.2 Å². The molecule has 0 radical (unpaired) electrons. The third kappa shape index (κ3) is 4.07. The maximum atomic E-state index is 13.0. The van der Waals surface area contributed by atoms with Gasteiger partial charge in [0, 0.05) is 37.1 Å². The van der Waals surface area contributed by atoms with Crippen LogP contribution in [0.3, 0.4) is 0 Å². The number of nitrogens with zero attached hydrogens (tertiary/aromatic N) is 1. The zero-order valence-electron chi connectivity index (χ0n) is 17.8. The SMILES string of the molecule is CCC1(CC)C[C@H](NC(=O)c2ccc(CN3CCCC3=O)cc2)c2ccccc2O1. The van der Waals surface area contributed by atoms with Gasteiger partial charge in [-0.2, -0.15) is 0 Å². The van der Waals surface area contributed by atoms with Crippen molar-refractivity contribution in [2.75, 3.05) is 6.54 Å². The van der Waals surface area contributed by atoms with Crippen LogP contribution in [0.5, 0.6) is 5.75 Å². The van der Waals surface area contributed by atoms with Gasteiger partial charge >= 0.3 is 0 Å². The van der Waals surface area contributed by atoms with E-state index in [0.717, 1.165) is 49.1 Å². The van der Waals surface area contributed by atoms with E-state index in [-0.39, 0.29) is 23.5 Å². The van der Waals surface area contributed by atoms with Gasteiger partial charge in [0.05, 0.1) is 6.04 Å². The second-order valence-electron chi connectivity index (χ2n) is 8.38. The summed E-state index contributed by atoms with van der Waals surface area (Å²) in [7, 11) is 0. The number of carbonyl (C=O) groups excluding carboxylic acids is 2. The predicted molar refractivity (Wildman–Crippen MR) is 116 cm³/mol. The molecule has 4 rings (SSSR count). The molecule has 158 valence electrons. The summed E-state index contributed by atoms with van der Waals surface area (Å²) in [5.74, 6) is 0.996. The van der Waals surface area contributed by atoms with E-state index in [1.807, 2.05) is 53.4 Å². The van der Waals surface area contributed by atoms with E-state index in [1.165, 1.54) is 0 Å². The van der Waals surface area contributed by atoms with Gasteiger partial charge in [-0.15, -0.1) is 0 Å². The molecular formula is C25H30N2O3. The molecule has 1 saturated heterocycles. The smallest absolute Gasteiger partial charge is 0.251 e. The Balaban J connectivity index is 1.48. The lowest BCUT2D eigenvalue weighted by Crippen LogP contribution is -2.44. The summed E-state index contributed by atoms with van der Waals surface area (Å²) >= 11 is 0. The van der Waals surface area contributed by atoms with Crippen LogP contribution in [0.25, 0.3) is 0 Å². The van der Waals surface area contributed by atoms with Crippen LogP contribution in [0, 0.1) is 0 Å². The molecule has 2 aromatic rings. The van der Waals surface area contributed by atoms with Crippen LogP contribution in [0.1, 0.15) is 73.5 Å². The Morgan fingerprint density at radius 3 is 2.53 bits per heavy atom. The first kappa shape index (κ1) is 20.5. The van der Waals surface area contributed by atoms with Crippen LogP contribution in [-0.4, -0.2) is 28.9 Å². The highest BCUT2D eigenvalue weighted by atomic mass is 16.5. The van der Waals surface area contributed by atoms with Crippen LogP contribution in [0.2, 0.25) is 0 Å². The van der Waals surface area contributed by atoms with Gasteiger partial charge < -0.3 is 15.0 Å². The minimum Gasteiger partial charge on any atom is -0.487 e. The quantitative estimate of drug-likeness (QED) is 0.761. The number of carbonyl (C=O) groups is 2. The summed E-state index contributed by atoms with van der Waals surface area (Å²) < 4.78 is 6.34. The molecule has 30 heavy (non-hydrogen) atoms. The lowest BCUT2D eigenvalue weighted by Gasteiger charge is -2.41. The molecule has 5 nitrogen and oxygen atoms in total. The molecule has 5 heteroatoms. The largest absolute Gasteiger partial charge is 0.487 e. The average molecular weight is 407 g/mol. The van der Waals surface area contributed by atoms with Crippen molar-refractivity contribution in [3.63, 3.8) is 0 Å². The Morgan fingerprint density at radius 2 is 1.87 bits per heavy atom. The van der Waals surface area contributed by atoms with Gasteiger partial charge in [-0.25, -0.2) is 0 Å². The van der Waals surface area contributed by atoms with Crippen LogP contribution in [0.4, 0.5) is 0 Å². The van der Waals surface area contributed by atoms with E-state index in [4.69, 9.17) is 4.74 Å². The van der Waals surface area contributed by atoms with Gasteiger partial charge in [0.15, 0.2) is 0 Å². The standard InChI is InChI=1S/C25H30N2O3/c1-3-25(4-2)16-21(20-8-5-6-9-22(20)30-25)26-24(29)19-13-11-18(12-14-19)17-27-15-7-10-23(27)28/h5-6,8-9,11-14,21H,3-4,7,10,15-17H2,1-2H3,(H,26,29)/t21-/m0/s1. The monoisotopic (exact) mass is 406 g/mol. The minimum absolute atomic E-state index is 0.0794. The molecule has 1 fully saturated rings. The number of fused-ring (bicyclic) bond motifs is 1. The second-order valence-corrected chi connectivity index (χ2v) is 8.38. The highest BCUT2D eigenvalue weighted by Crippen LogP contribution is 2.42. The van der Waals surface area contributed by atoms with Gasteiger partial charge in [0.1, 0.15) is 11.4 Å². The van der Waals surface area contributed by atoms with E-state index in [1.54, 1.807) is 0 Å². The molecule has 2 aliphatic heterocycles. The number of benzene rings is 2. The normalized spacial score (nSPS) is 19.9. The zero-order valence-corrected chi connectivity index (χ0v) is 17.8. The van der Waals surface area contributed by atoms with Crippen molar-refractivity contribution in [3.8, 4) is 5.75 Å². The summed E-state index contributed by atoms with van der Waals surface area (Å²) in [5, 5.41) is 3.23. The molecule has 0 spiro atoms. The van der Waals surface area contributed by atoms with E-state index in [2.05, 4.69) is 19.2 Å². The lowest BCUT2D eigenvalue weighted by atomic mass is 9.83. The van der Waals surface area contributed by atoms with Crippen molar-refractivity contribution in [2.24, 2.45) is 0 Å². The van der Waals surface area contributed by atoms with E-state index in [9.17, 15) is 9.59 Å². The van der Waals surface area contributed by atoms with Crippen LogP contribution in [-0.2, 0) is 11.3 Å². The fourth-order valence-corrected chi connectivity index (χ4v) is 4.52. The summed E-state index contributed by atoms with van der Waals surface area (Å²) in [4.78, 5) is 26.7. The third-order valence-corrected chi connectivity index (χ3v) is 6.55. The molecule has 1 atom stereocenters. The van der Waals surface area contributed by atoms with Gasteiger partial charge in [0.25, 0.3) is 5.91 Å². The number of para-hydroxylation sites is 1. The molecule has 0 bridgehead atoms. The molecule has 0 unspecified atom stereocenters. The summed E-state index contributed by atoms with van der Waals surface area (Å²) in [6, 6.07) is 15.5. The highest BCUT2D eigenvalue weighted by Gasteiger charge is 2.39. The third-order valence-electron chi connectivity index (χ3n) is 6.55. The van der Waals surface area contributed by atoms with Crippen molar-refractivity contribution >= 4 is 11.8 Å². The van der Waals surface area contributed by atoms with E-state index < -0.39 is 0 Å². The van der Waals surface area contributed by atoms with Crippen molar-refractivity contribution < 1.29 is 14.3 Å². The molecule has 0 aliphatic carbocycles. The van der Waals surface area contributed by atoms with Gasteiger partial charge in [-0.05, 0) is 43.0 Å². The van der Waals surface area contributed by atoms with Crippen molar-refractivity contribution in [1.82, 2.24) is 10.2 Å². The Hall–Kier alpha value is -2.82. The molecule has 2 aliphatic rings. The van der Waals surface area contributed by atoms with Gasteiger partial charge in [-0.1, -0.05) is 44.2 Å². The topological polar surface area (TPSA) is 58.6 Å². The Bertz CT molecular complexity index is 918. The maximum Gasteiger partial charge on any atom is 0.251 e. The number of ether oxygens (including phenoxy) is 1. The Kier molecular flexibility index (Phi) is 5.80. The summed E-state index contributed by atoms with van der Waals surface area (Å²) in [6.45, 7) is 5.71. The molecule has 2 heterocycles. The summed E-state index contributed by atoms with van der Waals surface area (Å²) in [6.07, 6.45) is 4.13. The fraction of sp³-hybridized carbons (Fsp3) is 0.440. The summed E-state index contributed by atoms with van der Waals surface area (Å²) in [5.41, 5.74) is 2.47. The zero-order chi connectivity index (χ0) is 21.1. The number of amides is 2. The highest BCUT2D eigenvalue weighted by molar-refractivity contribution is 5.94. The number of rotatable bonds is 6. The van der Waals surface area contributed by atoms with Crippen molar-refractivity contribution in [1.29, 1.82) is 0 Å². The number of hydrogen-bond donors (Lipinski definition) is 1. The van der Waals surface area contributed by atoms with Gasteiger partial charge in [0.2, 0.25) is 5.91 Å². The fourth-order valence-electron chi connectivity index (χ4n) is 4.52. The van der Waals surface area contributed by atoms with Gasteiger partial charge in [-0.3, -0.25) is 9.59 Å². The minimum atomic E-state index is -0.252. The molecule has 0 saturated carbocycles. The predicted octanol–water partition coefficient (Wildman–Crippen LogP) is 4.62. The molecule has 0 aromatic heterocycles. The average Bonchev–Trinajstić information content (AvgIpc) is 3.18. The first-order chi connectivity index (χ1) is 14.5. The maximum absolute atomic E-state index is 13.0. The molecule has 2 aromatic carbocycles. The molecule has 2 amide bonds. The number of likely N-dealkylation sites (tertiary alicyclic amines) is 1. The van der Waals surface area contributed by atoms with Crippen LogP contribution >= 0.6 is 0 Å². The molecule has 1 N–H and O–H groups in total. The Labute approximate surface area is 178 Å². The van der Waals surface area contributed by atoms with Crippen LogP contribution in [0.15, 0.2) is 48.5 Å².